The second kappa shape index (κ2) is 7.09. The van der Waals surface area contributed by atoms with E-state index in [2.05, 4.69) is 19.2 Å². The summed E-state index contributed by atoms with van der Waals surface area (Å²) in [7, 11) is -3.81. The highest BCUT2D eigenvalue weighted by Gasteiger charge is 2.21. The van der Waals surface area contributed by atoms with E-state index < -0.39 is 10.0 Å². The minimum absolute atomic E-state index is 0.0189. The van der Waals surface area contributed by atoms with Gasteiger partial charge in [0.1, 0.15) is 10.6 Å². The third kappa shape index (κ3) is 4.57. The van der Waals surface area contributed by atoms with Gasteiger partial charge in [0.15, 0.2) is 0 Å². The first-order chi connectivity index (χ1) is 9.70. The van der Waals surface area contributed by atoms with Crippen molar-refractivity contribution in [3.8, 4) is 0 Å². The first-order valence-corrected chi connectivity index (χ1v) is 8.79. The predicted molar refractivity (Wildman–Crippen MR) is 82.5 cm³/mol. The van der Waals surface area contributed by atoms with Crippen LogP contribution in [0.4, 0.5) is 0 Å². The van der Waals surface area contributed by atoms with Crippen molar-refractivity contribution in [2.24, 2.45) is 11.1 Å². The van der Waals surface area contributed by atoms with Gasteiger partial charge in [-0.15, -0.1) is 0 Å². The SMILES string of the molecule is CCCn1cc(S(N)(=O)=O)cc1C(=O)NC(C)C(C)CC. The molecule has 1 amide bonds. The summed E-state index contributed by atoms with van der Waals surface area (Å²) in [5, 5.41) is 8.05. The average Bonchev–Trinajstić information content (AvgIpc) is 2.82. The van der Waals surface area contributed by atoms with E-state index in [-0.39, 0.29) is 16.8 Å². The molecule has 0 aliphatic heterocycles. The van der Waals surface area contributed by atoms with Crippen molar-refractivity contribution in [2.75, 3.05) is 0 Å². The first kappa shape index (κ1) is 17.7. The molecule has 0 fully saturated rings. The Bertz CT molecular complexity index is 593. The van der Waals surface area contributed by atoms with E-state index in [0.29, 0.717) is 18.2 Å². The Labute approximate surface area is 126 Å². The summed E-state index contributed by atoms with van der Waals surface area (Å²) >= 11 is 0. The number of primary sulfonamides is 1. The van der Waals surface area contributed by atoms with Crippen LogP contribution in [-0.4, -0.2) is 24.9 Å². The van der Waals surface area contributed by atoms with Crippen molar-refractivity contribution in [2.45, 2.75) is 58.0 Å². The summed E-state index contributed by atoms with van der Waals surface area (Å²) in [5.41, 5.74) is 0.330. The lowest BCUT2D eigenvalue weighted by molar-refractivity contribution is 0.0918. The number of carbonyl (C=O) groups is 1. The normalized spacial score (nSPS) is 14.7. The quantitative estimate of drug-likeness (QED) is 0.802. The molecular formula is C14H25N3O3S. The fourth-order valence-electron chi connectivity index (χ4n) is 2.03. The van der Waals surface area contributed by atoms with Gasteiger partial charge in [0.2, 0.25) is 10.0 Å². The number of hydrogen-bond donors (Lipinski definition) is 2. The Morgan fingerprint density at radius 3 is 2.48 bits per heavy atom. The second-order valence-electron chi connectivity index (χ2n) is 5.45. The molecule has 0 aromatic carbocycles. The number of nitrogens with one attached hydrogen (secondary N) is 1. The standard InChI is InChI=1S/C14H25N3O3S/c1-5-7-17-9-12(21(15,19)20)8-13(17)14(18)16-11(4)10(3)6-2/h8-11H,5-7H2,1-4H3,(H,16,18)(H2,15,19,20). The van der Waals surface area contributed by atoms with Gasteiger partial charge >= 0.3 is 0 Å². The zero-order chi connectivity index (χ0) is 16.2. The van der Waals surface area contributed by atoms with Crippen molar-refractivity contribution in [1.82, 2.24) is 9.88 Å². The number of hydrogen-bond acceptors (Lipinski definition) is 3. The van der Waals surface area contributed by atoms with E-state index in [1.54, 1.807) is 4.57 Å². The van der Waals surface area contributed by atoms with Crippen LogP contribution < -0.4 is 10.5 Å². The van der Waals surface area contributed by atoms with Gasteiger partial charge < -0.3 is 9.88 Å². The number of carbonyl (C=O) groups excluding carboxylic acids is 1. The molecule has 0 spiro atoms. The van der Waals surface area contributed by atoms with Crippen molar-refractivity contribution in [1.29, 1.82) is 0 Å². The van der Waals surface area contributed by atoms with Crippen molar-refractivity contribution in [3.05, 3.63) is 18.0 Å². The van der Waals surface area contributed by atoms with E-state index in [0.717, 1.165) is 12.8 Å². The summed E-state index contributed by atoms with van der Waals surface area (Å²) in [5.74, 6) is 0.0763. The van der Waals surface area contributed by atoms with Gasteiger partial charge in [0.25, 0.3) is 5.91 Å². The first-order valence-electron chi connectivity index (χ1n) is 7.24. The number of amides is 1. The van der Waals surface area contributed by atoms with Crippen LogP contribution in [0.5, 0.6) is 0 Å². The highest BCUT2D eigenvalue weighted by molar-refractivity contribution is 7.89. The summed E-state index contributed by atoms with van der Waals surface area (Å²) in [6, 6.07) is 1.36. The lowest BCUT2D eigenvalue weighted by Crippen LogP contribution is -2.37. The van der Waals surface area contributed by atoms with Gasteiger partial charge in [0, 0.05) is 18.8 Å². The highest BCUT2D eigenvalue weighted by atomic mass is 32.2. The van der Waals surface area contributed by atoms with Crippen LogP contribution in [0, 0.1) is 5.92 Å². The van der Waals surface area contributed by atoms with E-state index in [1.807, 2.05) is 13.8 Å². The molecule has 7 heteroatoms. The van der Waals surface area contributed by atoms with Crippen LogP contribution in [0.15, 0.2) is 17.2 Å². The van der Waals surface area contributed by atoms with Crippen molar-refractivity contribution >= 4 is 15.9 Å². The van der Waals surface area contributed by atoms with Gasteiger partial charge in [-0.2, -0.15) is 0 Å². The van der Waals surface area contributed by atoms with Gasteiger partial charge in [-0.3, -0.25) is 4.79 Å². The second-order valence-corrected chi connectivity index (χ2v) is 7.01. The maximum atomic E-state index is 12.3. The summed E-state index contributed by atoms with van der Waals surface area (Å²) in [4.78, 5) is 12.3. The van der Waals surface area contributed by atoms with Crippen LogP contribution in [0.1, 0.15) is 51.0 Å². The molecule has 120 valence electrons. The molecule has 21 heavy (non-hydrogen) atoms. The number of aromatic nitrogens is 1. The number of aryl methyl sites for hydroxylation is 1. The number of sulfonamides is 1. The van der Waals surface area contributed by atoms with E-state index in [4.69, 9.17) is 5.14 Å². The average molecular weight is 315 g/mol. The van der Waals surface area contributed by atoms with Crippen LogP contribution in [0.25, 0.3) is 0 Å². The van der Waals surface area contributed by atoms with Gasteiger partial charge in [-0.05, 0) is 25.3 Å². The van der Waals surface area contributed by atoms with E-state index in [1.165, 1.54) is 12.3 Å². The fraction of sp³-hybridized carbons (Fsp3) is 0.643. The minimum atomic E-state index is -3.81. The molecule has 0 aliphatic rings. The molecule has 1 aromatic heterocycles. The Balaban J connectivity index is 3.05. The molecule has 1 aromatic rings. The molecule has 0 radical (unpaired) electrons. The third-order valence-corrected chi connectivity index (χ3v) is 4.63. The smallest absolute Gasteiger partial charge is 0.268 e. The zero-order valence-corrected chi connectivity index (χ0v) is 13.9. The van der Waals surface area contributed by atoms with Crippen LogP contribution in [0.3, 0.4) is 0 Å². The molecule has 0 saturated carbocycles. The molecule has 6 nitrogen and oxygen atoms in total. The fourth-order valence-corrected chi connectivity index (χ4v) is 2.58. The van der Waals surface area contributed by atoms with E-state index >= 15 is 0 Å². The third-order valence-electron chi connectivity index (χ3n) is 3.75. The Kier molecular flexibility index (Phi) is 5.98. The maximum absolute atomic E-state index is 12.3. The lowest BCUT2D eigenvalue weighted by Gasteiger charge is -2.20. The largest absolute Gasteiger partial charge is 0.348 e. The van der Waals surface area contributed by atoms with Crippen LogP contribution >= 0.6 is 0 Å². The molecule has 2 unspecified atom stereocenters. The van der Waals surface area contributed by atoms with Crippen LogP contribution in [0.2, 0.25) is 0 Å². The molecule has 1 rings (SSSR count). The molecular weight excluding hydrogens is 290 g/mol. The summed E-state index contributed by atoms with van der Waals surface area (Å²) in [6.07, 6.45) is 3.17. The van der Waals surface area contributed by atoms with Gasteiger partial charge in [-0.25, -0.2) is 13.6 Å². The van der Waals surface area contributed by atoms with E-state index in [9.17, 15) is 13.2 Å². The van der Waals surface area contributed by atoms with Crippen LogP contribution in [-0.2, 0) is 16.6 Å². The maximum Gasteiger partial charge on any atom is 0.268 e. The minimum Gasteiger partial charge on any atom is -0.348 e. The van der Waals surface area contributed by atoms with Gasteiger partial charge in [0.05, 0.1) is 0 Å². The molecule has 0 aliphatic carbocycles. The lowest BCUT2D eigenvalue weighted by atomic mass is 10.0. The van der Waals surface area contributed by atoms with Gasteiger partial charge in [-0.1, -0.05) is 27.2 Å². The Morgan fingerprint density at radius 2 is 2.00 bits per heavy atom. The number of nitrogens with two attached hydrogens (primary N) is 1. The predicted octanol–water partition coefficient (Wildman–Crippen LogP) is 1.71. The monoisotopic (exact) mass is 315 g/mol. The molecule has 0 bridgehead atoms. The number of rotatable bonds is 7. The molecule has 0 saturated heterocycles. The highest BCUT2D eigenvalue weighted by Crippen LogP contribution is 2.15. The summed E-state index contributed by atoms with van der Waals surface area (Å²) < 4.78 is 24.5. The van der Waals surface area contributed by atoms with Crippen molar-refractivity contribution in [3.63, 3.8) is 0 Å². The Morgan fingerprint density at radius 1 is 1.38 bits per heavy atom. The number of nitrogens with zero attached hydrogens (tertiary/aromatic N) is 1. The molecule has 2 atom stereocenters. The van der Waals surface area contributed by atoms with Crippen molar-refractivity contribution < 1.29 is 13.2 Å². The Hall–Kier alpha value is -1.34. The summed E-state index contributed by atoms with van der Waals surface area (Å²) in [6.45, 7) is 8.59. The molecule has 1 heterocycles. The molecule has 3 N–H and O–H groups in total. The zero-order valence-electron chi connectivity index (χ0n) is 13.1. The topological polar surface area (TPSA) is 94.2 Å².